The number of fused-ring (bicyclic) bond motifs is 6. The van der Waals surface area contributed by atoms with Gasteiger partial charge in [-0.25, -0.2) is 0 Å². The maximum Gasteiger partial charge on any atom is 0.0542 e. The zero-order chi connectivity index (χ0) is 34.6. The molecule has 0 bridgehead atoms. The van der Waals surface area contributed by atoms with Crippen molar-refractivity contribution in [2.24, 2.45) is 0 Å². The Morgan fingerprint density at radius 3 is 1.69 bits per heavy atom. The van der Waals surface area contributed by atoms with Crippen molar-refractivity contribution in [2.75, 3.05) is 0 Å². The SMILES string of the molecule is Cc1ccc(-c2ccccc2)cc1-c1cccnc1Cc1ccc(-n2c3ccccc3c3cc(-n4c5ccccc5c5ccccc54)ccc32)cc1. The molecule has 7 aromatic carbocycles. The molecule has 10 rings (SSSR count). The normalized spacial score (nSPS) is 11.6. The van der Waals surface area contributed by atoms with Gasteiger partial charge in [-0.2, -0.15) is 0 Å². The number of pyridine rings is 1. The Hall–Kier alpha value is -6.71. The van der Waals surface area contributed by atoms with Crippen LogP contribution in [-0.4, -0.2) is 14.1 Å². The molecule has 0 aliphatic carbocycles. The van der Waals surface area contributed by atoms with E-state index in [0.29, 0.717) is 0 Å². The lowest BCUT2D eigenvalue weighted by Gasteiger charge is -2.14. The maximum absolute atomic E-state index is 4.91. The summed E-state index contributed by atoms with van der Waals surface area (Å²) < 4.78 is 4.80. The van der Waals surface area contributed by atoms with Gasteiger partial charge in [0.2, 0.25) is 0 Å². The van der Waals surface area contributed by atoms with Gasteiger partial charge in [-0.3, -0.25) is 4.98 Å². The van der Waals surface area contributed by atoms with Gasteiger partial charge in [-0.15, -0.1) is 0 Å². The lowest BCUT2D eigenvalue weighted by atomic mass is 9.93. The largest absolute Gasteiger partial charge is 0.309 e. The van der Waals surface area contributed by atoms with Crippen molar-refractivity contribution < 1.29 is 0 Å². The van der Waals surface area contributed by atoms with Crippen molar-refractivity contribution in [3.8, 4) is 33.6 Å². The summed E-state index contributed by atoms with van der Waals surface area (Å²) in [6, 6.07) is 63.7. The van der Waals surface area contributed by atoms with E-state index >= 15 is 0 Å². The summed E-state index contributed by atoms with van der Waals surface area (Å²) in [7, 11) is 0. The first-order valence-corrected chi connectivity index (χ1v) is 17.9. The molecule has 0 aliphatic rings. The Labute approximate surface area is 302 Å². The van der Waals surface area contributed by atoms with E-state index in [-0.39, 0.29) is 0 Å². The minimum absolute atomic E-state index is 0.751. The molecule has 3 aromatic heterocycles. The molecule has 0 fully saturated rings. The predicted molar refractivity (Wildman–Crippen MR) is 218 cm³/mol. The molecule has 0 unspecified atom stereocenters. The smallest absolute Gasteiger partial charge is 0.0542 e. The van der Waals surface area contributed by atoms with Gasteiger partial charge in [0.05, 0.1) is 27.8 Å². The van der Waals surface area contributed by atoms with Crippen LogP contribution in [0.5, 0.6) is 0 Å². The topological polar surface area (TPSA) is 22.8 Å². The molecule has 52 heavy (non-hydrogen) atoms. The standard InChI is InChI=1S/C49H35N3/c1-33-21-24-36(35-12-3-2-4-13-35)31-43(33)39-17-11-29-50-45(39)30-34-22-25-37(26-23-34)51-48-20-10-7-16-42(48)44-32-38(27-28-49(44)51)52-46-18-8-5-14-40(46)41-15-6-9-19-47(41)52/h2-29,31-32H,30H2,1H3. The molecule has 10 aromatic rings. The Balaban J connectivity index is 1.03. The lowest BCUT2D eigenvalue weighted by molar-refractivity contribution is 1.07. The third kappa shape index (κ3) is 4.93. The molecule has 3 nitrogen and oxygen atoms in total. The van der Waals surface area contributed by atoms with Gasteiger partial charge in [0.25, 0.3) is 0 Å². The van der Waals surface area contributed by atoms with Crippen LogP contribution in [0, 0.1) is 6.92 Å². The number of rotatable bonds is 6. The number of nitrogens with zero attached hydrogens (tertiary/aromatic N) is 3. The second kappa shape index (κ2) is 12.3. The van der Waals surface area contributed by atoms with E-state index in [1.165, 1.54) is 82.7 Å². The minimum atomic E-state index is 0.751. The molecule has 0 radical (unpaired) electrons. The Morgan fingerprint density at radius 1 is 0.423 bits per heavy atom. The van der Waals surface area contributed by atoms with Crippen molar-refractivity contribution >= 4 is 43.6 Å². The summed E-state index contributed by atoms with van der Waals surface area (Å²) in [6.45, 7) is 2.19. The van der Waals surface area contributed by atoms with Crippen LogP contribution in [0.25, 0.3) is 77.2 Å². The van der Waals surface area contributed by atoms with E-state index < -0.39 is 0 Å². The number of aryl methyl sites for hydroxylation is 1. The molecule has 0 atom stereocenters. The highest BCUT2D eigenvalue weighted by atomic mass is 15.0. The van der Waals surface area contributed by atoms with Crippen LogP contribution in [-0.2, 0) is 6.42 Å². The van der Waals surface area contributed by atoms with E-state index in [4.69, 9.17) is 4.98 Å². The summed E-state index contributed by atoms with van der Waals surface area (Å²) in [5.74, 6) is 0. The van der Waals surface area contributed by atoms with Gasteiger partial charge in [-0.05, 0) is 95.4 Å². The molecule has 0 spiro atoms. The van der Waals surface area contributed by atoms with Crippen LogP contribution >= 0.6 is 0 Å². The van der Waals surface area contributed by atoms with Gasteiger partial charge in [0, 0.05) is 51.1 Å². The Kier molecular flexibility index (Phi) is 7.10. The minimum Gasteiger partial charge on any atom is -0.309 e. The average molecular weight is 666 g/mol. The van der Waals surface area contributed by atoms with E-state index in [0.717, 1.165) is 17.8 Å². The fourth-order valence-electron chi connectivity index (χ4n) is 8.08. The highest BCUT2D eigenvalue weighted by molar-refractivity contribution is 6.12. The van der Waals surface area contributed by atoms with Crippen molar-refractivity contribution in [3.63, 3.8) is 0 Å². The zero-order valence-corrected chi connectivity index (χ0v) is 28.9. The van der Waals surface area contributed by atoms with Crippen LogP contribution in [0.2, 0.25) is 0 Å². The van der Waals surface area contributed by atoms with Crippen LogP contribution in [0.3, 0.4) is 0 Å². The third-order valence-corrected chi connectivity index (χ3v) is 10.6. The summed E-state index contributed by atoms with van der Waals surface area (Å²) >= 11 is 0. The molecular weight excluding hydrogens is 631 g/mol. The highest BCUT2D eigenvalue weighted by Crippen LogP contribution is 2.37. The number of para-hydroxylation sites is 3. The molecule has 3 heterocycles. The molecule has 3 heteroatoms. The lowest BCUT2D eigenvalue weighted by Crippen LogP contribution is -1.99. The van der Waals surface area contributed by atoms with Crippen LogP contribution in [0.1, 0.15) is 16.8 Å². The van der Waals surface area contributed by atoms with Crippen molar-refractivity contribution in [1.82, 2.24) is 14.1 Å². The zero-order valence-electron chi connectivity index (χ0n) is 28.9. The summed E-state index contributed by atoms with van der Waals surface area (Å²) in [5.41, 5.74) is 15.6. The number of aromatic nitrogens is 3. The predicted octanol–water partition coefficient (Wildman–Crippen LogP) is 12.5. The Bertz CT molecular complexity index is 2870. The van der Waals surface area contributed by atoms with Crippen molar-refractivity contribution in [1.29, 1.82) is 0 Å². The third-order valence-electron chi connectivity index (χ3n) is 10.6. The number of hydrogen-bond acceptors (Lipinski definition) is 1. The van der Waals surface area contributed by atoms with Crippen LogP contribution in [0.15, 0.2) is 182 Å². The van der Waals surface area contributed by atoms with Crippen molar-refractivity contribution in [3.05, 3.63) is 199 Å². The molecule has 0 N–H and O–H groups in total. The second-order valence-electron chi connectivity index (χ2n) is 13.7. The van der Waals surface area contributed by atoms with E-state index in [1.807, 2.05) is 12.3 Å². The summed E-state index contributed by atoms with van der Waals surface area (Å²) in [4.78, 5) is 4.91. The fraction of sp³-hybridized carbons (Fsp3) is 0.0408. The Morgan fingerprint density at radius 2 is 1.00 bits per heavy atom. The molecule has 0 saturated carbocycles. The first kappa shape index (κ1) is 30.1. The van der Waals surface area contributed by atoms with E-state index in [9.17, 15) is 0 Å². The average Bonchev–Trinajstić information content (AvgIpc) is 3.72. The molecule has 0 aliphatic heterocycles. The van der Waals surface area contributed by atoms with Crippen LogP contribution < -0.4 is 0 Å². The molecule has 0 saturated heterocycles. The number of hydrogen-bond donors (Lipinski definition) is 0. The van der Waals surface area contributed by atoms with Crippen molar-refractivity contribution in [2.45, 2.75) is 13.3 Å². The van der Waals surface area contributed by atoms with Gasteiger partial charge in [0.1, 0.15) is 0 Å². The van der Waals surface area contributed by atoms with E-state index in [2.05, 4.69) is 186 Å². The highest BCUT2D eigenvalue weighted by Gasteiger charge is 2.17. The fourth-order valence-corrected chi connectivity index (χ4v) is 8.08. The molecular formula is C49H35N3. The summed E-state index contributed by atoms with van der Waals surface area (Å²) in [6.07, 6.45) is 2.66. The van der Waals surface area contributed by atoms with Gasteiger partial charge in [-0.1, -0.05) is 115 Å². The monoisotopic (exact) mass is 665 g/mol. The van der Waals surface area contributed by atoms with Gasteiger partial charge < -0.3 is 9.13 Å². The molecule has 246 valence electrons. The quantitative estimate of drug-likeness (QED) is 0.173. The van der Waals surface area contributed by atoms with E-state index in [1.54, 1.807) is 0 Å². The first-order valence-electron chi connectivity index (χ1n) is 17.9. The summed E-state index contributed by atoms with van der Waals surface area (Å²) in [5, 5.41) is 5.03. The van der Waals surface area contributed by atoms with Crippen LogP contribution in [0.4, 0.5) is 0 Å². The molecule has 0 amide bonds. The van der Waals surface area contributed by atoms with Gasteiger partial charge in [0.15, 0.2) is 0 Å². The maximum atomic E-state index is 4.91. The van der Waals surface area contributed by atoms with Gasteiger partial charge >= 0.3 is 0 Å². The first-order chi connectivity index (χ1) is 25.7. The number of benzene rings is 7. The second-order valence-corrected chi connectivity index (χ2v) is 13.7.